The summed E-state index contributed by atoms with van der Waals surface area (Å²) in [6.45, 7) is 1.48. The molecule has 2 aromatic rings. The molecular formula is C19H24ClN3O3S. The largest absolute Gasteiger partial charge is 0.399 e. The lowest BCUT2D eigenvalue weighted by molar-refractivity contribution is 0.0951. The number of carbonyl (C=O) groups excluding carboxylic acids is 1. The Morgan fingerprint density at radius 1 is 1.04 bits per heavy atom. The van der Waals surface area contributed by atoms with Crippen LogP contribution < -0.4 is 11.1 Å². The quantitative estimate of drug-likeness (QED) is 0.742. The van der Waals surface area contributed by atoms with Crippen molar-refractivity contribution in [1.29, 1.82) is 0 Å². The first-order valence-electron chi connectivity index (χ1n) is 8.70. The molecule has 0 atom stereocenters. The van der Waals surface area contributed by atoms with E-state index in [2.05, 4.69) is 5.32 Å². The topological polar surface area (TPSA) is 92.5 Å². The van der Waals surface area contributed by atoms with Gasteiger partial charge in [0, 0.05) is 30.9 Å². The van der Waals surface area contributed by atoms with Gasteiger partial charge in [-0.15, -0.1) is 12.4 Å². The number of nitrogens with zero attached hydrogens (tertiary/aromatic N) is 1. The Kier molecular flexibility index (Phi) is 7.24. The highest BCUT2D eigenvalue weighted by Gasteiger charge is 2.25. The summed E-state index contributed by atoms with van der Waals surface area (Å²) in [6.07, 6.45) is 2.90. The number of benzene rings is 2. The lowest BCUT2D eigenvalue weighted by Crippen LogP contribution is -2.35. The molecule has 0 bridgehead atoms. The van der Waals surface area contributed by atoms with E-state index in [9.17, 15) is 13.2 Å². The van der Waals surface area contributed by atoms with Crippen LogP contribution in [-0.2, 0) is 16.6 Å². The summed E-state index contributed by atoms with van der Waals surface area (Å²) < 4.78 is 26.8. The van der Waals surface area contributed by atoms with E-state index in [0.29, 0.717) is 35.8 Å². The summed E-state index contributed by atoms with van der Waals surface area (Å²) in [7, 11) is -3.43. The van der Waals surface area contributed by atoms with Crippen molar-refractivity contribution in [2.24, 2.45) is 0 Å². The van der Waals surface area contributed by atoms with Crippen molar-refractivity contribution < 1.29 is 13.2 Å². The number of sulfonamides is 1. The van der Waals surface area contributed by atoms with Crippen molar-refractivity contribution >= 4 is 34.0 Å². The SMILES string of the molecule is Cl.Nc1cccc(C(=O)NCc2ccc(S(=O)(=O)N3CCCCC3)cc2)c1. The third kappa shape index (κ3) is 5.22. The number of rotatable bonds is 5. The zero-order valence-electron chi connectivity index (χ0n) is 14.9. The summed E-state index contributed by atoms with van der Waals surface area (Å²) in [5, 5.41) is 2.81. The third-order valence-corrected chi connectivity index (χ3v) is 6.39. The fourth-order valence-corrected chi connectivity index (χ4v) is 4.51. The van der Waals surface area contributed by atoms with Crippen LogP contribution in [0.15, 0.2) is 53.4 Å². The van der Waals surface area contributed by atoms with Crippen LogP contribution in [-0.4, -0.2) is 31.7 Å². The first-order valence-corrected chi connectivity index (χ1v) is 10.1. The average Bonchev–Trinajstić information content (AvgIpc) is 2.67. The van der Waals surface area contributed by atoms with Gasteiger partial charge in [0.1, 0.15) is 0 Å². The van der Waals surface area contributed by atoms with Crippen molar-refractivity contribution in [2.75, 3.05) is 18.8 Å². The predicted octanol–water partition coefficient (Wildman–Crippen LogP) is 2.80. The minimum Gasteiger partial charge on any atom is -0.399 e. The van der Waals surface area contributed by atoms with Crippen LogP contribution >= 0.6 is 12.4 Å². The van der Waals surface area contributed by atoms with Crippen LogP contribution in [0, 0.1) is 0 Å². The number of nitrogens with one attached hydrogen (secondary N) is 1. The third-order valence-electron chi connectivity index (χ3n) is 4.48. The molecule has 6 nitrogen and oxygen atoms in total. The summed E-state index contributed by atoms with van der Waals surface area (Å²) in [5.41, 5.74) is 7.54. The van der Waals surface area contributed by atoms with Gasteiger partial charge in [-0.2, -0.15) is 4.31 Å². The lowest BCUT2D eigenvalue weighted by Gasteiger charge is -2.25. The molecular weight excluding hydrogens is 386 g/mol. The van der Waals surface area contributed by atoms with E-state index in [1.165, 1.54) is 0 Å². The summed E-state index contributed by atoms with van der Waals surface area (Å²) in [4.78, 5) is 12.4. The van der Waals surface area contributed by atoms with Gasteiger partial charge in [0.05, 0.1) is 4.90 Å². The molecule has 1 fully saturated rings. The molecule has 0 saturated carbocycles. The lowest BCUT2D eigenvalue weighted by atomic mass is 10.2. The van der Waals surface area contributed by atoms with E-state index in [1.54, 1.807) is 52.8 Å². The number of anilines is 1. The number of piperidine rings is 1. The van der Waals surface area contributed by atoms with Gasteiger partial charge < -0.3 is 11.1 Å². The van der Waals surface area contributed by atoms with Gasteiger partial charge in [-0.1, -0.05) is 24.6 Å². The first kappa shape index (κ1) is 21.2. The molecule has 2 aromatic carbocycles. The van der Waals surface area contributed by atoms with Gasteiger partial charge in [-0.05, 0) is 48.7 Å². The second-order valence-corrected chi connectivity index (χ2v) is 8.35. The highest BCUT2D eigenvalue weighted by molar-refractivity contribution is 7.89. The molecule has 1 saturated heterocycles. The Labute approximate surface area is 166 Å². The zero-order valence-corrected chi connectivity index (χ0v) is 16.6. The minimum absolute atomic E-state index is 0. The molecule has 0 spiro atoms. The second kappa shape index (κ2) is 9.21. The molecule has 1 amide bonds. The van der Waals surface area contributed by atoms with Gasteiger partial charge >= 0.3 is 0 Å². The predicted molar refractivity (Wildman–Crippen MR) is 108 cm³/mol. The Balaban J connectivity index is 0.00000261. The highest BCUT2D eigenvalue weighted by Crippen LogP contribution is 2.20. The fraction of sp³-hybridized carbons (Fsp3) is 0.316. The van der Waals surface area contributed by atoms with Gasteiger partial charge in [-0.25, -0.2) is 8.42 Å². The first-order chi connectivity index (χ1) is 12.5. The van der Waals surface area contributed by atoms with Crippen molar-refractivity contribution in [3.05, 3.63) is 59.7 Å². The standard InChI is InChI=1S/C19H23N3O3S.ClH/c20-17-6-4-5-16(13-17)19(23)21-14-15-7-9-18(10-8-15)26(24,25)22-11-2-1-3-12-22;/h4-10,13H,1-3,11-12,14,20H2,(H,21,23);1H. The van der Waals surface area contributed by atoms with Crippen molar-refractivity contribution in [3.63, 3.8) is 0 Å². The summed E-state index contributed by atoms with van der Waals surface area (Å²) >= 11 is 0. The van der Waals surface area contributed by atoms with Crippen LogP contribution in [0.2, 0.25) is 0 Å². The number of amides is 1. The number of halogens is 1. The smallest absolute Gasteiger partial charge is 0.251 e. The number of carbonyl (C=O) groups is 1. The molecule has 8 heteroatoms. The Morgan fingerprint density at radius 2 is 1.70 bits per heavy atom. The van der Waals surface area contributed by atoms with E-state index in [-0.39, 0.29) is 18.3 Å². The Bertz CT molecular complexity index is 879. The molecule has 3 rings (SSSR count). The van der Waals surface area contributed by atoms with E-state index in [1.807, 2.05) is 0 Å². The van der Waals surface area contributed by atoms with E-state index in [0.717, 1.165) is 24.8 Å². The van der Waals surface area contributed by atoms with Crippen molar-refractivity contribution in [1.82, 2.24) is 9.62 Å². The van der Waals surface area contributed by atoms with E-state index in [4.69, 9.17) is 5.73 Å². The van der Waals surface area contributed by atoms with Crippen molar-refractivity contribution in [2.45, 2.75) is 30.7 Å². The number of nitrogen functional groups attached to an aromatic ring is 1. The van der Waals surface area contributed by atoms with Crippen LogP contribution in [0.3, 0.4) is 0 Å². The maximum absolute atomic E-state index is 12.6. The second-order valence-electron chi connectivity index (χ2n) is 6.42. The average molecular weight is 410 g/mol. The van der Waals surface area contributed by atoms with Crippen molar-refractivity contribution in [3.8, 4) is 0 Å². The van der Waals surface area contributed by atoms with Gasteiger partial charge in [0.25, 0.3) is 5.91 Å². The van der Waals surface area contributed by atoms with Crippen LogP contribution in [0.5, 0.6) is 0 Å². The van der Waals surface area contributed by atoms with Gasteiger partial charge in [-0.3, -0.25) is 4.79 Å². The molecule has 1 aliphatic rings. The molecule has 1 aliphatic heterocycles. The Hall–Kier alpha value is -2.09. The molecule has 0 aliphatic carbocycles. The molecule has 3 N–H and O–H groups in total. The van der Waals surface area contributed by atoms with Gasteiger partial charge in [0.15, 0.2) is 0 Å². The molecule has 27 heavy (non-hydrogen) atoms. The maximum Gasteiger partial charge on any atom is 0.251 e. The van der Waals surface area contributed by atoms with Crippen LogP contribution in [0.1, 0.15) is 35.2 Å². The number of nitrogens with two attached hydrogens (primary N) is 1. The Morgan fingerprint density at radius 3 is 2.33 bits per heavy atom. The van der Waals surface area contributed by atoms with Crippen LogP contribution in [0.25, 0.3) is 0 Å². The molecule has 0 radical (unpaired) electrons. The monoisotopic (exact) mass is 409 g/mol. The normalized spacial score (nSPS) is 15.0. The number of hydrogen-bond acceptors (Lipinski definition) is 4. The highest BCUT2D eigenvalue weighted by atomic mass is 35.5. The zero-order chi connectivity index (χ0) is 18.6. The molecule has 0 unspecified atom stereocenters. The van der Waals surface area contributed by atoms with Gasteiger partial charge in [0.2, 0.25) is 10.0 Å². The van der Waals surface area contributed by atoms with Crippen LogP contribution in [0.4, 0.5) is 5.69 Å². The maximum atomic E-state index is 12.6. The molecule has 146 valence electrons. The molecule has 0 aromatic heterocycles. The summed E-state index contributed by atoms with van der Waals surface area (Å²) in [6, 6.07) is 13.4. The fourth-order valence-electron chi connectivity index (χ4n) is 3.00. The number of hydrogen-bond donors (Lipinski definition) is 2. The molecule has 1 heterocycles. The van der Waals surface area contributed by atoms with E-state index >= 15 is 0 Å². The summed E-state index contributed by atoms with van der Waals surface area (Å²) in [5.74, 6) is -0.220. The van der Waals surface area contributed by atoms with E-state index < -0.39 is 10.0 Å². The minimum atomic E-state index is -3.43.